The van der Waals surface area contributed by atoms with Crippen molar-refractivity contribution in [1.29, 1.82) is 0 Å². The standard InChI is InChI=1S/C12H22N2/c1-10(6-13-2)7-14-8-11-4-3-5-12(11)9-14/h11-13H,1,3-9H2,2H3. The molecule has 80 valence electrons. The Morgan fingerprint density at radius 3 is 2.57 bits per heavy atom. The normalized spacial score (nSPS) is 32.1. The van der Waals surface area contributed by atoms with Crippen LogP contribution in [0.5, 0.6) is 0 Å². The van der Waals surface area contributed by atoms with E-state index in [1.165, 1.54) is 37.9 Å². The number of rotatable bonds is 4. The molecule has 1 saturated carbocycles. The number of likely N-dealkylation sites (N-methyl/N-ethyl adjacent to an activating group) is 1. The van der Waals surface area contributed by atoms with Gasteiger partial charge in [0.25, 0.3) is 0 Å². The fourth-order valence-electron chi connectivity index (χ4n) is 3.08. The van der Waals surface area contributed by atoms with Gasteiger partial charge in [-0.05, 0) is 37.3 Å². The molecule has 2 fully saturated rings. The summed E-state index contributed by atoms with van der Waals surface area (Å²) in [5.41, 5.74) is 1.33. The smallest absolute Gasteiger partial charge is 0.0203 e. The van der Waals surface area contributed by atoms with Crippen molar-refractivity contribution in [3.8, 4) is 0 Å². The van der Waals surface area contributed by atoms with Crippen LogP contribution in [0.4, 0.5) is 0 Å². The van der Waals surface area contributed by atoms with E-state index in [0.717, 1.165) is 24.9 Å². The van der Waals surface area contributed by atoms with Crippen molar-refractivity contribution in [1.82, 2.24) is 10.2 Å². The van der Waals surface area contributed by atoms with Crippen molar-refractivity contribution in [3.05, 3.63) is 12.2 Å². The molecule has 1 heterocycles. The number of hydrogen-bond donors (Lipinski definition) is 1. The van der Waals surface area contributed by atoms with E-state index in [9.17, 15) is 0 Å². The SMILES string of the molecule is C=C(CNC)CN1CC2CCCC2C1. The van der Waals surface area contributed by atoms with E-state index in [0.29, 0.717) is 0 Å². The van der Waals surface area contributed by atoms with E-state index in [4.69, 9.17) is 0 Å². The fraction of sp³-hybridized carbons (Fsp3) is 0.833. The average molecular weight is 194 g/mol. The van der Waals surface area contributed by atoms with Gasteiger partial charge in [-0.2, -0.15) is 0 Å². The van der Waals surface area contributed by atoms with Gasteiger partial charge in [-0.15, -0.1) is 0 Å². The third-order valence-electron chi connectivity index (χ3n) is 3.68. The molecular formula is C12H22N2. The highest BCUT2D eigenvalue weighted by atomic mass is 15.2. The zero-order valence-corrected chi connectivity index (χ0v) is 9.26. The Balaban J connectivity index is 1.76. The van der Waals surface area contributed by atoms with Crippen LogP contribution < -0.4 is 5.32 Å². The third-order valence-corrected chi connectivity index (χ3v) is 3.68. The Kier molecular flexibility index (Phi) is 3.24. The summed E-state index contributed by atoms with van der Waals surface area (Å²) in [7, 11) is 1.99. The molecule has 1 aliphatic heterocycles. The zero-order chi connectivity index (χ0) is 9.97. The first-order chi connectivity index (χ1) is 6.79. The van der Waals surface area contributed by atoms with Crippen LogP contribution in [-0.2, 0) is 0 Å². The predicted octanol–water partition coefficient (Wildman–Crippen LogP) is 1.49. The minimum absolute atomic E-state index is 0.964. The van der Waals surface area contributed by atoms with Gasteiger partial charge in [0.05, 0.1) is 0 Å². The summed E-state index contributed by atoms with van der Waals surface area (Å²) in [6.07, 6.45) is 4.42. The van der Waals surface area contributed by atoms with Gasteiger partial charge >= 0.3 is 0 Å². The molecule has 0 radical (unpaired) electrons. The van der Waals surface area contributed by atoms with Crippen molar-refractivity contribution in [2.24, 2.45) is 11.8 Å². The van der Waals surface area contributed by atoms with Gasteiger partial charge < -0.3 is 5.32 Å². The molecule has 0 aromatic rings. The van der Waals surface area contributed by atoms with Crippen molar-refractivity contribution in [2.75, 3.05) is 33.2 Å². The molecule has 14 heavy (non-hydrogen) atoms. The molecule has 0 spiro atoms. The number of nitrogens with zero attached hydrogens (tertiary/aromatic N) is 1. The molecule has 2 unspecified atom stereocenters. The Bertz CT molecular complexity index is 200. The summed E-state index contributed by atoms with van der Waals surface area (Å²) in [5, 5.41) is 3.17. The van der Waals surface area contributed by atoms with Crippen LogP contribution in [0.15, 0.2) is 12.2 Å². The van der Waals surface area contributed by atoms with Crippen molar-refractivity contribution in [3.63, 3.8) is 0 Å². The van der Waals surface area contributed by atoms with E-state index in [2.05, 4.69) is 16.8 Å². The number of nitrogens with one attached hydrogen (secondary N) is 1. The highest BCUT2D eigenvalue weighted by Gasteiger charge is 2.35. The van der Waals surface area contributed by atoms with Gasteiger partial charge in [-0.3, -0.25) is 4.90 Å². The third kappa shape index (κ3) is 2.18. The largest absolute Gasteiger partial charge is 0.316 e. The first-order valence-electron chi connectivity index (χ1n) is 5.83. The fourth-order valence-corrected chi connectivity index (χ4v) is 3.08. The molecule has 0 amide bonds. The maximum Gasteiger partial charge on any atom is 0.0203 e. The van der Waals surface area contributed by atoms with E-state index in [-0.39, 0.29) is 0 Å². The molecule has 2 heteroatoms. The molecule has 2 atom stereocenters. The van der Waals surface area contributed by atoms with Crippen LogP contribution in [0.25, 0.3) is 0 Å². The molecule has 0 aromatic heterocycles. The summed E-state index contributed by atoms with van der Waals surface area (Å²) in [6.45, 7) is 8.82. The number of likely N-dealkylation sites (tertiary alicyclic amines) is 1. The van der Waals surface area contributed by atoms with Gasteiger partial charge in [-0.25, -0.2) is 0 Å². The van der Waals surface area contributed by atoms with Crippen LogP contribution in [0.3, 0.4) is 0 Å². The maximum atomic E-state index is 4.10. The average Bonchev–Trinajstić information content (AvgIpc) is 2.63. The van der Waals surface area contributed by atoms with Crippen molar-refractivity contribution < 1.29 is 0 Å². The molecule has 1 saturated heterocycles. The van der Waals surface area contributed by atoms with E-state index in [1.807, 2.05) is 7.05 Å². The van der Waals surface area contributed by atoms with Gasteiger partial charge in [0, 0.05) is 26.2 Å². The first kappa shape index (κ1) is 10.2. The summed E-state index contributed by atoms with van der Waals surface area (Å²) in [6, 6.07) is 0. The maximum absolute atomic E-state index is 4.10. The van der Waals surface area contributed by atoms with Crippen molar-refractivity contribution >= 4 is 0 Å². The first-order valence-corrected chi connectivity index (χ1v) is 5.83. The van der Waals surface area contributed by atoms with Gasteiger partial charge in [0.2, 0.25) is 0 Å². The number of hydrogen-bond acceptors (Lipinski definition) is 2. The lowest BCUT2D eigenvalue weighted by atomic mass is 10.0. The lowest BCUT2D eigenvalue weighted by Crippen LogP contribution is -2.27. The second-order valence-electron chi connectivity index (χ2n) is 4.93. The monoisotopic (exact) mass is 194 g/mol. The van der Waals surface area contributed by atoms with E-state index < -0.39 is 0 Å². The van der Waals surface area contributed by atoms with Crippen LogP contribution in [0.2, 0.25) is 0 Å². The van der Waals surface area contributed by atoms with E-state index >= 15 is 0 Å². The Morgan fingerprint density at radius 2 is 2.00 bits per heavy atom. The Labute approximate surface area is 87.4 Å². The minimum Gasteiger partial charge on any atom is -0.316 e. The molecule has 1 aliphatic carbocycles. The van der Waals surface area contributed by atoms with Gasteiger partial charge in [-0.1, -0.05) is 13.0 Å². The molecule has 1 N–H and O–H groups in total. The predicted molar refractivity (Wildman–Crippen MR) is 60.3 cm³/mol. The summed E-state index contributed by atoms with van der Waals surface area (Å²) >= 11 is 0. The molecule has 0 aromatic carbocycles. The zero-order valence-electron chi connectivity index (χ0n) is 9.26. The van der Waals surface area contributed by atoms with Crippen LogP contribution in [0, 0.1) is 11.8 Å². The molecule has 0 bridgehead atoms. The van der Waals surface area contributed by atoms with Gasteiger partial charge in [0.15, 0.2) is 0 Å². The highest BCUT2D eigenvalue weighted by Crippen LogP contribution is 2.37. The van der Waals surface area contributed by atoms with Gasteiger partial charge in [0.1, 0.15) is 0 Å². The van der Waals surface area contributed by atoms with Crippen molar-refractivity contribution in [2.45, 2.75) is 19.3 Å². The Morgan fingerprint density at radius 1 is 1.36 bits per heavy atom. The topological polar surface area (TPSA) is 15.3 Å². The minimum atomic E-state index is 0.964. The quantitative estimate of drug-likeness (QED) is 0.682. The number of fused-ring (bicyclic) bond motifs is 1. The Hall–Kier alpha value is -0.340. The molecule has 2 aliphatic rings. The second kappa shape index (κ2) is 4.45. The molecular weight excluding hydrogens is 172 g/mol. The lowest BCUT2D eigenvalue weighted by Gasteiger charge is -2.17. The lowest BCUT2D eigenvalue weighted by molar-refractivity contribution is 0.334. The summed E-state index contributed by atoms with van der Waals surface area (Å²) in [4.78, 5) is 2.59. The van der Waals surface area contributed by atoms with E-state index in [1.54, 1.807) is 0 Å². The second-order valence-corrected chi connectivity index (χ2v) is 4.93. The molecule has 2 rings (SSSR count). The molecule has 2 nitrogen and oxygen atoms in total. The van der Waals surface area contributed by atoms with Crippen LogP contribution >= 0.6 is 0 Å². The summed E-state index contributed by atoms with van der Waals surface area (Å²) < 4.78 is 0. The summed E-state index contributed by atoms with van der Waals surface area (Å²) in [5.74, 6) is 2.02. The van der Waals surface area contributed by atoms with Crippen LogP contribution in [0.1, 0.15) is 19.3 Å². The van der Waals surface area contributed by atoms with Crippen LogP contribution in [-0.4, -0.2) is 38.1 Å². The highest BCUT2D eigenvalue weighted by molar-refractivity contribution is 5.02.